The molecule has 0 spiro atoms. The lowest BCUT2D eigenvalue weighted by Gasteiger charge is -2.34. The lowest BCUT2D eigenvalue weighted by molar-refractivity contribution is -0.142. The highest BCUT2D eigenvalue weighted by atomic mass is 16.3. The molecule has 4 rings (SSSR count). The summed E-state index contributed by atoms with van der Waals surface area (Å²) in [6, 6.07) is 6.72. The number of rotatable bonds is 5. The van der Waals surface area contributed by atoms with Crippen LogP contribution in [-0.2, 0) is 14.4 Å². The summed E-state index contributed by atoms with van der Waals surface area (Å²) in [6.45, 7) is 4.25. The van der Waals surface area contributed by atoms with Gasteiger partial charge in [0.2, 0.25) is 24.2 Å². The fraction of sp³-hybridized carbons (Fsp3) is 0.458. The quantitative estimate of drug-likeness (QED) is 0.217. The topological polar surface area (TPSA) is 134 Å². The number of piperazine rings is 1. The SMILES string of the molecule is Cc1cc2cc(NC(=N[C@H]3CCCCN(CC(=O)N4CCN(C=O)CC4)C3=O)NC#N)ccc2o1. The summed E-state index contributed by atoms with van der Waals surface area (Å²) in [7, 11) is 0. The van der Waals surface area contributed by atoms with Crippen molar-refractivity contribution < 1.29 is 18.8 Å². The lowest BCUT2D eigenvalue weighted by atomic mass is 10.1. The van der Waals surface area contributed by atoms with Gasteiger partial charge < -0.3 is 24.4 Å². The number of hydrogen-bond donors (Lipinski definition) is 2. The van der Waals surface area contributed by atoms with Crippen molar-refractivity contribution in [2.75, 3.05) is 44.6 Å². The highest BCUT2D eigenvalue weighted by molar-refractivity contribution is 5.98. The Balaban J connectivity index is 1.45. The van der Waals surface area contributed by atoms with Crippen molar-refractivity contribution in [1.29, 1.82) is 5.26 Å². The minimum Gasteiger partial charge on any atom is -0.461 e. The van der Waals surface area contributed by atoms with Gasteiger partial charge in [-0.15, -0.1) is 0 Å². The summed E-state index contributed by atoms with van der Waals surface area (Å²) in [6.07, 6.45) is 4.74. The van der Waals surface area contributed by atoms with Crippen LogP contribution in [0, 0.1) is 18.4 Å². The lowest BCUT2D eigenvalue weighted by Crippen LogP contribution is -2.52. The molecule has 184 valence electrons. The molecule has 35 heavy (non-hydrogen) atoms. The van der Waals surface area contributed by atoms with Gasteiger partial charge in [-0.05, 0) is 50.5 Å². The summed E-state index contributed by atoms with van der Waals surface area (Å²) < 4.78 is 5.60. The molecule has 0 bridgehead atoms. The number of aryl methyl sites for hydroxylation is 1. The van der Waals surface area contributed by atoms with Gasteiger partial charge in [-0.3, -0.25) is 19.7 Å². The molecule has 11 heteroatoms. The molecule has 2 N–H and O–H groups in total. The minimum absolute atomic E-state index is 0.0170. The minimum atomic E-state index is -0.708. The molecule has 1 aromatic carbocycles. The molecular formula is C24H29N7O4. The van der Waals surface area contributed by atoms with Crippen molar-refractivity contribution in [3.8, 4) is 6.19 Å². The van der Waals surface area contributed by atoms with Crippen molar-refractivity contribution in [2.45, 2.75) is 32.2 Å². The first-order valence-corrected chi connectivity index (χ1v) is 11.7. The highest BCUT2D eigenvalue weighted by Crippen LogP contribution is 2.23. The Hall–Kier alpha value is -4.07. The van der Waals surface area contributed by atoms with Gasteiger partial charge in [-0.25, -0.2) is 4.99 Å². The maximum Gasteiger partial charge on any atom is 0.247 e. The Bertz CT molecular complexity index is 1160. The normalized spacial score (nSPS) is 19.3. The first-order chi connectivity index (χ1) is 17.0. The van der Waals surface area contributed by atoms with E-state index < -0.39 is 6.04 Å². The van der Waals surface area contributed by atoms with Gasteiger partial charge in [0, 0.05) is 43.8 Å². The summed E-state index contributed by atoms with van der Waals surface area (Å²) in [5.74, 6) is 0.599. The molecule has 11 nitrogen and oxygen atoms in total. The smallest absolute Gasteiger partial charge is 0.247 e. The molecule has 1 aromatic heterocycles. The number of nitrogens with zero attached hydrogens (tertiary/aromatic N) is 5. The highest BCUT2D eigenvalue weighted by Gasteiger charge is 2.30. The number of nitrogens with one attached hydrogen (secondary N) is 2. The van der Waals surface area contributed by atoms with Gasteiger partial charge in [0.15, 0.2) is 6.19 Å². The van der Waals surface area contributed by atoms with E-state index in [2.05, 4.69) is 15.6 Å². The molecular weight excluding hydrogens is 450 g/mol. The molecule has 2 aliphatic heterocycles. The maximum absolute atomic E-state index is 13.3. The number of anilines is 1. The number of carbonyl (C=O) groups excluding carboxylic acids is 3. The Morgan fingerprint density at radius 1 is 1.23 bits per heavy atom. The van der Waals surface area contributed by atoms with Crippen molar-refractivity contribution >= 4 is 40.8 Å². The molecule has 0 radical (unpaired) electrons. The largest absolute Gasteiger partial charge is 0.461 e. The summed E-state index contributed by atoms with van der Waals surface area (Å²) in [5, 5.41) is 15.7. The Labute approximate surface area is 203 Å². The monoisotopic (exact) mass is 479 g/mol. The second-order valence-corrected chi connectivity index (χ2v) is 8.74. The van der Waals surface area contributed by atoms with Crippen molar-refractivity contribution in [3.05, 3.63) is 30.0 Å². The van der Waals surface area contributed by atoms with E-state index in [1.165, 1.54) is 0 Å². The first-order valence-electron chi connectivity index (χ1n) is 11.7. The van der Waals surface area contributed by atoms with Crippen LogP contribution < -0.4 is 10.6 Å². The summed E-state index contributed by atoms with van der Waals surface area (Å²) in [4.78, 5) is 46.4. The number of nitriles is 1. The van der Waals surface area contributed by atoms with E-state index in [0.29, 0.717) is 44.8 Å². The predicted octanol–water partition coefficient (Wildman–Crippen LogP) is 1.26. The van der Waals surface area contributed by atoms with E-state index in [9.17, 15) is 19.6 Å². The van der Waals surface area contributed by atoms with Crippen molar-refractivity contribution in [3.63, 3.8) is 0 Å². The van der Waals surface area contributed by atoms with Crippen LogP contribution in [0.1, 0.15) is 25.0 Å². The second kappa shape index (κ2) is 10.9. The zero-order valence-corrected chi connectivity index (χ0v) is 19.7. The molecule has 0 unspecified atom stereocenters. The third kappa shape index (κ3) is 5.90. The van der Waals surface area contributed by atoms with E-state index in [1.54, 1.807) is 14.7 Å². The zero-order chi connectivity index (χ0) is 24.8. The average Bonchev–Trinajstić information content (AvgIpc) is 3.15. The summed E-state index contributed by atoms with van der Waals surface area (Å²) >= 11 is 0. The van der Waals surface area contributed by atoms with Gasteiger partial charge in [0.05, 0.1) is 6.54 Å². The number of furan rings is 1. The fourth-order valence-electron chi connectivity index (χ4n) is 4.40. The third-order valence-corrected chi connectivity index (χ3v) is 6.26. The molecule has 2 aromatic rings. The molecule has 2 saturated heterocycles. The zero-order valence-electron chi connectivity index (χ0n) is 19.7. The number of hydrogen-bond acceptors (Lipinski definition) is 6. The van der Waals surface area contributed by atoms with Crippen LogP contribution in [0.4, 0.5) is 5.69 Å². The third-order valence-electron chi connectivity index (χ3n) is 6.26. The van der Waals surface area contributed by atoms with E-state index >= 15 is 0 Å². The van der Waals surface area contributed by atoms with Crippen LogP contribution in [0.2, 0.25) is 0 Å². The molecule has 0 saturated carbocycles. The Kier molecular flexibility index (Phi) is 7.50. The van der Waals surface area contributed by atoms with Crippen molar-refractivity contribution in [2.24, 2.45) is 4.99 Å². The van der Waals surface area contributed by atoms with Gasteiger partial charge >= 0.3 is 0 Å². The van der Waals surface area contributed by atoms with E-state index in [0.717, 1.165) is 36.0 Å². The number of benzene rings is 1. The van der Waals surface area contributed by atoms with Crippen LogP contribution in [-0.4, -0.2) is 84.2 Å². The Morgan fingerprint density at radius 2 is 2.03 bits per heavy atom. The molecule has 0 aliphatic carbocycles. The molecule has 1 atom stereocenters. The number of guanidine groups is 1. The van der Waals surface area contributed by atoms with Crippen molar-refractivity contribution in [1.82, 2.24) is 20.0 Å². The maximum atomic E-state index is 13.3. The van der Waals surface area contributed by atoms with Gasteiger partial charge in [0.25, 0.3) is 0 Å². The van der Waals surface area contributed by atoms with Crippen LogP contribution in [0.25, 0.3) is 11.0 Å². The number of likely N-dealkylation sites (tertiary alicyclic amines) is 1. The van der Waals surface area contributed by atoms with Crippen LogP contribution in [0.5, 0.6) is 0 Å². The number of fused-ring (bicyclic) bond motifs is 1. The van der Waals surface area contributed by atoms with Gasteiger partial charge in [0.1, 0.15) is 17.4 Å². The molecule has 2 aliphatic rings. The van der Waals surface area contributed by atoms with E-state index in [-0.39, 0.29) is 24.3 Å². The number of aliphatic imine (C=N–C) groups is 1. The fourth-order valence-corrected chi connectivity index (χ4v) is 4.40. The summed E-state index contributed by atoms with van der Waals surface area (Å²) in [5.41, 5.74) is 1.45. The predicted molar refractivity (Wildman–Crippen MR) is 129 cm³/mol. The van der Waals surface area contributed by atoms with E-state index in [1.807, 2.05) is 37.4 Å². The molecule has 3 heterocycles. The van der Waals surface area contributed by atoms with Gasteiger partial charge in [-0.1, -0.05) is 0 Å². The van der Waals surface area contributed by atoms with Crippen LogP contribution >= 0.6 is 0 Å². The first kappa shape index (κ1) is 24.1. The van der Waals surface area contributed by atoms with Crippen LogP contribution in [0.3, 0.4) is 0 Å². The second-order valence-electron chi connectivity index (χ2n) is 8.74. The Morgan fingerprint density at radius 3 is 2.77 bits per heavy atom. The molecule has 2 fully saturated rings. The van der Waals surface area contributed by atoms with Gasteiger partial charge in [-0.2, -0.15) is 5.26 Å². The number of carbonyl (C=O) groups is 3. The number of amides is 3. The van der Waals surface area contributed by atoms with E-state index in [4.69, 9.17) is 4.42 Å². The molecule has 3 amide bonds. The average molecular weight is 480 g/mol. The standard InChI is InChI=1S/C24H29N7O4/c1-17-12-18-13-19(5-6-21(18)35-17)27-24(26-15-25)28-20-4-2-3-7-31(23(20)34)14-22(33)30-10-8-29(16-32)9-11-30/h5-6,12-13,16,20H,2-4,7-11,14H2,1H3,(H2,26,27,28)/t20-/m0/s1. The van der Waals surface area contributed by atoms with Crippen LogP contribution in [0.15, 0.2) is 33.7 Å².